The number of H-pyrrole nitrogens is 1. The molecule has 11 nitrogen and oxygen atoms in total. The SMILES string of the molecule is CC(=O)Oc1ccc2c(c1)C(=O)c1c(Cc3cc[nH]c3)c(O[C@H]3O[C@@H](C)[C@@H](O)[C@@H](O)[C@H]3O)c(C3CCCCC3)c(O)c1C2=O. The minimum absolute atomic E-state index is 0.00783. The van der Waals surface area contributed by atoms with Gasteiger partial charge in [0.05, 0.1) is 11.7 Å². The number of esters is 1. The molecule has 6 rings (SSSR count). The monoisotopic (exact) mass is 605 g/mol. The van der Waals surface area contributed by atoms with Crippen molar-refractivity contribution in [2.75, 3.05) is 0 Å². The largest absolute Gasteiger partial charge is 0.507 e. The highest BCUT2D eigenvalue weighted by atomic mass is 16.7. The van der Waals surface area contributed by atoms with Crippen LogP contribution in [-0.4, -0.2) is 73.7 Å². The van der Waals surface area contributed by atoms with E-state index in [2.05, 4.69) is 4.98 Å². The minimum Gasteiger partial charge on any atom is -0.507 e. The summed E-state index contributed by atoms with van der Waals surface area (Å²) in [4.78, 5) is 43.0. The van der Waals surface area contributed by atoms with Crippen molar-refractivity contribution in [2.45, 2.75) is 89.0 Å². The lowest BCUT2D eigenvalue weighted by molar-refractivity contribution is -0.268. The summed E-state index contributed by atoms with van der Waals surface area (Å²) in [5.41, 5.74) is 1.30. The summed E-state index contributed by atoms with van der Waals surface area (Å²) in [6.45, 7) is 2.76. The van der Waals surface area contributed by atoms with Gasteiger partial charge in [0, 0.05) is 53.6 Å². The number of rotatable bonds is 6. The van der Waals surface area contributed by atoms with Crippen LogP contribution in [0.25, 0.3) is 0 Å². The second kappa shape index (κ2) is 11.8. The molecule has 2 aliphatic carbocycles. The molecule has 1 aromatic heterocycles. The molecule has 0 unspecified atom stereocenters. The second-order valence-electron chi connectivity index (χ2n) is 11.8. The normalized spacial score (nSPS) is 25.3. The molecule has 0 bridgehead atoms. The third kappa shape index (κ3) is 5.19. The molecule has 5 atom stereocenters. The van der Waals surface area contributed by atoms with Crippen LogP contribution in [0.4, 0.5) is 0 Å². The number of carbonyl (C=O) groups excluding carboxylic acids is 3. The Morgan fingerprint density at radius 2 is 1.70 bits per heavy atom. The summed E-state index contributed by atoms with van der Waals surface area (Å²) >= 11 is 0. The number of phenolic OH excluding ortho intramolecular Hbond substituents is 1. The highest BCUT2D eigenvalue weighted by Crippen LogP contribution is 2.51. The van der Waals surface area contributed by atoms with Crippen molar-refractivity contribution in [3.05, 3.63) is 75.6 Å². The first-order chi connectivity index (χ1) is 21.1. The predicted octanol–water partition coefficient (Wildman–Crippen LogP) is 3.27. The van der Waals surface area contributed by atoms with Crippen LogP contribution < -0.4 is 9.47 Å². The van der Waals surface area contributed by atoms with Gasteiger partial charge in [0.15, 0.2) is 11.6 Å². The molecule has 3 aromatic rings. The first-order valence-electron chi connectivity index (χ1n) is 14.9. The minimum atomic E-state index is -1.65. The van der Waals surface area contributed by atoms with E-state index in [-0.39, 0.29) is 51.8 Å². The van der Waals surface area contributed by atoms with Crippen molar-refractivity contribution in [1.82, 2.24) is 4.98 Å². The number of benzene rings is 2. The molecule has 232 valence electrons. The molecule has 5 N–H and O–H groups in total. The lowest BCUT2D eigenvalue weighted by Gasteiger charge is -2.40. The fourth-order valence-corrected chi connectivity index (χ4v) is 6.64. The number of hydrogen-bond donors (Lipinski definition) is 5. The maximum absolute atomic E-state index is 14.3. The van der Waals surface area contributed by atoms with E-state index in [1.807, 2.05) is 0 Å². The Bertz CT molecular complexity index is 1610. The van der Waals surface area contributed by atoms with E-state index in [9.17, 15) is 34.8 Å². The van der Waals surface area contributed by atoms with Gasteiger partial charge >= 0.3 is 5.97 Å². The molecular weight excluding hydrogens is 570 g/mol. The molecule has 44 heavy (non-hydrogen) atoms. The summed E-state index contributed by atoms with van der Waals surface area (Å²) in [7, 11) is 0. The van der Waals surface area contributed by atoms with E-state index in [0.717, 1.165) is 24.8 Å². The maximum atomic E-state index is 14.3. The Labute approximate surface area is 253 Å². The second-order valence-corrected chi connectivity index (χ2v) is 11.8. The third-order valence-corrected chi connectivity index (χ3v) is 8.86. The van der Waals surface area contributed by atoms with Gasteiger partial charge < -0.3 is 39.6 Å². The zero-order chi connectivity index (χ0) is 31.3. The Hall–Kier alpha value is -4.03. The van der Waals surface area contributed by atoms with Crippen molar-refractivity contribution in [2.24, 2.45) is 0 Å². The molecule has 0 radical (unpaired) electrons. The van der Waals surface area contributed by atoms with Crippen molar-refractivity contribution >= 4 is 17.5 Å². The van der Waals surface area contributed by atoms with Crippen LogP contribution in [0.3, 0.4) is 0 Å². The highest BCUT2D eigenvalue weighted by molar-refractivity contribution is 6.30. The van der Waals surface area contributed by atoms with Gasteiger partial charge in [-0.2, -0.15) is 0 Å². The van der Waals surface area contributed by atoms with Crippen LogP contribution in [0.5, 0.6) is 17.2 Å². The number of aromatic nitrogens is 1. The van der Waals surface area contributed by atoms with Crippen LogP contribution in [-0.2, 0) is 16.0 Å². The van der Waals surface area contributed by atoms with E-state index in [0.29, 0.717) is 24.0 Å². The smallest absolute Gasteiger partial charge is 0.308 e. The zero-order valence-corrected chi connectivity index (χ0v) is 24.4. The summed E-state index contributed by atoms with van der Waals surface area (Å²) in [6.07, 6.45) is 0.797. The fourth-order valence-electron chi connectivity index (χ4n) is 6.64. The molecule has 2 heterocycles. The lowest BCUT2D eigenvalue weighted by Crippen LogP contribution is -2.58. The van der Waals surface area contributed by atoms with Gasteiger partial charge in [-0.3, -0.25) is 14.4 Å². The van der Waals surface area contributed by atoms with Crippen LogP contribution in [0.1, 0.15) is 100 Å². The predicted molar refractivity (Wildman–Crippen MR) is 155 cm³/mol. The Morgan fingerprint density at radius 1 is 0.977 bits per heavy atom. The van der Waals surface area contributed by atoms with Gasteiger partial charge in [-0.15, -0.1) is 0 Å². The Morgan fingerprint density at radius 3 is 2.39 bits per heavy atom. The topological polar surface area (TPSA) is 176 Å². The summed E-state index contributed by atoms with van der Waals surface area (Å²) in [5, 5.41) is 43.6. The molecule has 1 aliphatic heterocycles. The summed E-state index contributed by atoms with van der Waals surface area (Å²) in [6, 6.07) is 5.98. The molecular formula is C33H35NO10. The Kier molecular flexibility index (Phi) is 8.06. The molecule has 11 heteroatoms. The maximum Gasteiger partial charge on any atom is 0.308 e. The van der Waals surface area contributed by atoms with Gasteiger partial charge in [0.2, 0.25) is 6.29 Å². The number of aliphatic hydroxyl groups is 3. The molecule has 3 aliphatic rings. The number of phenols is 1. The number of hydrogen-bond acceptors (Lipinski definition) is 10. The molecule has 2 aromatic carbocycles. The molecule has 0 amide bonds. The van der Waals surface area contributed by atoms with Crippen LogP contribution in [0.2, 0.25) is 0 Å². The van der Waals surface area contributed by atoms with Gasteiger partial charge in [0.25, 0.3) is 0 Å². The fraction of sp³-hybridized carbons (Fsp3) is 0.424. The quantitative estimate of drug-likeness (QED) is 0.162. The van der Waals surface area contributed by atoms with E-state index < -0.39 is 48.2 Å². The van der Waals surface area contributed by atoms with Crippen molar-refractivity contribution < 1.29 is 49.0 Å². The van der Waals surface area contributed by atoms with E-state index >= 15 is 0 Å². The van der Waals surface area contributed by atoms with Crippen molar-refractivity contribution in [3.63, 3.8) is 0 Å². The number of carbonyl (C=O) groups is 3. The summed E-state index contributed by atoms with van der Waals surface area (Å²) in [5.74, 6) is -2.13. The average molecular weight is 606 g/mol. The number of ketones is 2. The first-order valence-corrected chi connectivity index (χ1v) is 14.9. The third-order valence-electron chi connectivity index (χ3n) is 8.86. The standard InChI is InChI=1S/C33H35NO10/c1-15-26(36)30(40)31(41)33(42-15)44-32-22(12-17-10-11-34-14-17)24-25(29(39)23(32)18-6-4-3-5-7-18)27(37)20-9-8-19(43-16(2)35)13-21(20)28(24)38/h8-11,13-15,18,26,30-31,33-34,36,39-41H,3-7,12H2,1-2H3/t15-,26+,30+,31+,33+/m0/s1. The van der Waals surface area contributed by atoms with Crippen LogP contribution in [0, 0.1) is 0 Å². The van der Waals surface area contributed by atoms with Gasteiger partial charge in [0.1, 0.15) is 35.6 Å². The molecule has 2 fully saturated rings. The van der Waals surface area contributed by atoms with Gasteiger partial charge in [-0.25, -0.2) is 0 Å². The average Bonchev–Trinajstić information content (AvgIpc) is 3.52. The number of aliphatic hydroxyl groups excluding tert-OH is 3. The zero-order valence-electron chi connectivity index (χ0n) is 24.4. The molecule has 1 saturated heterocycles. The van der Waals surface area contributed by atoms with Gasteiger partial charge in [-0.1, -0.05) is 19.3 Å². The number of fused-ring (bicyclic) bond motifs is 2. The van der Waals surface area contributed by atoms with E-state index in [1.165, 1.54) is 32.0 Å². The first kappa shape index (κ1) is 30.0. The Balaban J connectivity index is 1.59. The number of ether oxygens (including phenoxy) is 3. The molecule has 1 saturated carbocycles. The van der Waals surface area contributed by atoms with E-state index in [4.69, 9.17) is 14.2 Å². The van der Waals surface area contributed by atoms with Crippen LogP contribution in [0.15, 0.2) is 36.7 Å². The van der Waals surface area contributed by atoms with Crippen LogP contribution >= 0.6 is 0 Å². The van der Waals surface area contributed by atoms with E-state index in [1.54, 1.807) is 18.5 Å². The number of aromatic amines is 1. The molecule has 0 spiro atoms. The van der Waals surface area contributed by atoms with Crippen molar-refractivity contribution in [1.29, 1.82) is 0 Å². The lowest BCUT2D eigenvalue weighted by atomic mass is 9.75. The van der Waals surface area contributed by atoms with Gasteiger partial charge in [-0.05, 0) is 55.5 Å². The number of nitrogens with one attached hydrogen (secondary N) is 1. The van der Waals surface area contributed by atoms with Crippen molar-refractivity contribution in [3.8, 4) is 17.2 Å². The highest BCUT2D eigenvalue weighted by Gasteiger charge is 2.45. The number of aromatic hydroxyl groups is 1. The summed E-state index contributed by atoms with van der Waals surface area (Å²) < 4.78 is 17.3.